The number of rotatable bonds is 8. The average Bonchev–Trinajstić information content (AvgIpc) is 2.90. The molecule has 4 heteroatoms. The molecule has 1 rings (SSSR count). The van der Waals surface area contributed by atoms with Crippen molar-refractivity contribution in [1.29, 1.82) is 0 Å². The first-order chi connectivity index (χ1) is 9.45. The van der Waals surface area contributed by atoms with E-state index in [0.717, 1.165) is 32.5 Å². The maximum absolute atomic E-state index is 12.2. The first-order valence-electron chi connectivity index (χ1n) is 8.17. The highest BCUT2D eigenvalue weighted by atomic mass is 16.2. The highest BCUT2D eigenvalue weighted by molar-refractivity contribution is 5.77. The second-order valence-electron chi connectivity index (χ2n) is 6.78. The molecule has 1 aliphatic rings. The standard InChI is InChI=1S/C16H33N3O/c1-12(2)15(13(3)4)11-18-14(10-17)9-16(20)19-7-5-6-8-19/h12-15,18H,5-11,17H2,1-4H3. The molecule has 4 nitrogen and oxygen atoms in total. The van der Waals surface area contributed by atoms with Crippen molar-refractivity contribution < 1.29 is 4.79 Å². The zero-order valence-corrected chi connectivity index (χ0v) is 13.7. The highest BCUT2D eigenvalue weighted by Gasteiger charge is 2.23. The van der Waals surface area contributed by atoms with Gasteiger partial charge in [-0.1, -0.05) is 27.7 Å². The van der Waals surface area contributed by atoms with Gasteiger partial charge in [0, 0.05) is 32.1 Å². The van der Waals surface area contributed by atoms with Crippen LogP contribution < -0.4 is 11.1 Å². The van der Waals surface area contributed by atoms with Crippen LogP contribution in [-0.2, 0) is 4.79 Å². The van der Waals surface area contributed by atoms with E-state index >= 15 is 0 Å². The number of carbonyl (C=O) groups is 1. The number of hydrogen-bond donors (Lipinski definition) is 2. The monoisotopic (exact) mass is 283 g/mol. The van der Waals surface area contributed by atoms with Crippen molar-refractivity contribution >= 4 is 5.91 Å². The fourth-order valence-corrected chi connectivity index (χ4v) is 3.09. The number of nitrogens with one attached hydrogen (secondary N) is 1. The quantitative estimate of drug-likeness (QED) is 0.714. The lowest BCUT2D eigenvalue weighted by molar-refractivity contribution is -0.130. The van der Waals surface area contributed by atoms with Crippen molar-refractivity contribution in [2.45, 2.75) is 53.0 Å². The van der Waals surface area contributed by atoms with Gasteiger partial charge in [-0.15, -0.1) is 0 Å². The number of hydrogen-bond acceptors (Lipinski definition) is 3. The lowest BCUT2D eigenvalue weighted by Gasteiger charge is -2.28. The van der Waals surface area contributed by atoms with Crippen molar-refractivity contribution in [1.82, 2.24) is 10.2 Å². The summed E-state index contributed by atoms with van der Waals surface area (Å²) in [7, 11) is 0. The van der Waals surface area contributed by atoms with Crippen LogP contribution >= 0.6 is 0 Å². The fraction of sp³-hybridized carbons (Fsp3) is 0.938. The minimum atomic E-state index is 0.114. The summed E-state index contributed by atoms with van der Waals surface area (Å²) in [5, 5.41) is 3.51. The molecule has 3 N–H and O–H groups in total. The average molecular weight is 283 g/mol. The van der Waals surface area contributed by atoms with Gasteiger partial charge in [0.25, 0.3) is 0 Å². The Kier molecular flexibility index (Phi) is 7.52. The Morgan fingerprint density at radius 1 is 1.15 bits per heavy atom. The highest BCUT2D eigenvalue weighted by Crippen LogP contribution is 2.19. The molecule has 118 valence electrons. The molecule has 20 heavy (non-hydrogen) atoms. The Balaban J connectivity index is 2.40. The summed E-state index contributed by atoms with van der Waals surface area (Å²) in [6.45, 7) is 12.4. The van der Waals surface area contributed by atoms with E-state index in [1.165, 1.54) is 0 Å². The van der Waals surface area contributed by atoms with E-state index in [2.05, 4.69) is 33.0 Å². The van der Waals surface area contributed by atoms with Crippen LogP contribution in [0.4, 0.5) is 0 Å². The topological polar surface area (TPSA) is 58.4 Å². The summed E-state index contributed by atoms with van der Waals surface area (Å²) in [5.41, 5.74) is 5.82. The van der Waals surface area contributed by atoms with Crippen molar-refractivity contribution in [3.05, 3.63) is 0 Å². The van der Waals surface area contributed by atoms with Crippen LogP contribution in [-0.4, -0.2) is 43.0 Å². The molecule has 0 aromatic rings. The zero-order chi connectivity index (χ0) is 15.1. The molecule has 0 bridgehead atoms. The number of nitrogens with zero attached hydrogens (tertiary/aromatic N) is 1. The molecule has 0 aromatic carbocycles. The van der Waals surface area contributed by atoms with Crippen LogP contribution in [0.1, 0.15) is 47.0 Å². The molecule has 1 amide bonds. The number of likely N-dealkylation sites (tertiary alicyclic amines) is 1. The predicted octanol–water partition coefficient (Wildman–Crippen LogP) is 1.84. The molecule has 1 saturated heterocycles. The number of amides is 1. The Bertz CT molecular complexity index is 277. The van der Waals surface area contributed by atoms with E-state index in [-0.39, 0.29) is 11.9 Å². The van der Waals surface area contributed by atoms with E-state index in [0.29, 0.717) is 30.7 Å². The minimum absolute atomic E-state index is 0.114. The van der Waals surface area contributed by atoms with Gasteiger partial charge in [0.05, 0.1) is 0 Å². The summed E-state index contributed by atoms with van der Waals surface area (Å²) in [6, 6.07) is 0.114. The lowest BCUT2D eigenvalue weighted by Crippen LogP contribution is -2.44. The van der Waals surface area contributed by atoms with Gasteiger partial charge in [0.1, 0.15) is 0 Å². The molecular formula is C16H33N3O. The molecule has 0 aliphatic carbocycles. The normalized spacial score (nSPS) is 17.5. The van der Waals surface area contributed by atoms with Crippen molar-refractivity contribution in [2.75, 3.05) is 26.2 Å². The van der Waals surface area contributed by atoms with Crippen molar-refractivity contribution in [3.63, 3.8) is 0 Å². The summed E-state index contributed by atoms with van der Waals surface area (Å²) in [6.07, 6.45) is 2.84. The third kappa shape index (κ3) is 5.41. The Labute approximate surface area is 124 Å². The van der Waals surface area contributed by atoms with Crippen LogP contribution in [0.25, 0.3) is 0 Å². The van der Waals surface area contributed by atoms with E-state index < -0.39 is 0 Å². The third-order valence-corrected chi connectivity index (χ3v) is 4.52. The molecule has 0 radical (unpaired) electrons. The summed E-state index contributed by atoms with van der Waals surface area (Å²) >= 11 is 0. The van der Waals surface area contributed by atoms with Gasteiger partial charge in [-0.05, 0) is 37.1 Å². The molecule has 0 spiro atoms. The van der Waals surface area contributed by atoms with E-state index in [4.69, 9.17) is 5.73 Å². The SMILES string of the molecule is CC(C)C(CNC(CN)CC(=O)N1CCCC1)C(C)C. The van der Waals surface area contributed by atoms with Crippen LogP contribution in [0.15, 0.2) is 0 Å². The number of nitrogens with two attached hydrogens (primary N) is 1. The molecule has 1 atom stereocenters. The van der Waals surface area contributed by atoms with Crippen molar-refractivity contribution in [3.8, 4) is 0 Å². The van der Waals surface area contributed by atoms with Crippen LogP contribution in [0, 0.1) is 17.8 Å². The van der Waals surface area contributed by atoms with Gasteiger partial charge in [0.15, 0.2) is 0 Å². The number of carbonyl (C=O) groups excluding carboxylic acids is 1. The molecule has 0 saturated carbocycles. The second-order valence-corrected chi connectivity index (χ2v) is 6.78. The van der Waals surface area contributed by atoms with Gasteiger partial charge >= 0.3 is 0 Å². The summed E-state index contributed by atoms with van der Waals surface area (Å²) in [4.78, 5) is 14.1. The Morgan fingerprint density at radius 3 is 2.15 bits per heavy atom. The van der Waals surface area contributed by atoms with Gasteiger partial charge in [-0.3, -0.25) is 4.79 Å². The third-order valence-electron chi connectivity index (χ3n) is 4.52. The van der Waals surface area contributed by atoms with Gasteiger partial charge in [-0.2, -0.15) is 0 Å². The predicted molar refractivity (Wildman–Crippen MR) is 84.4 cm³/mol. The molecule has 1 aliphatic heterocycles. The maximum atomic E-state index is 12.2. The fourth-order valence-electron chi connectivity index (χ4n) is 3.09. The second kappa shape index (κ2) is 8.63. The first kappa shape index (κ1) is 17.4. The molecular weight excluding hydrogens is 250 g/mol. The smallest absolute Gasteiger partial charge is 0.224 e. The minimum Gasteiger partial charge on any atom is -0.343 e. The molecule has 1 heterocycles. The molecule has 1 unspecified atom stereocenters. The van der Waals surface area contributed by atoms with Gasteiger partial charge < -0.3 is 16.0 Å². The largest absolute Gasteiger partial charge is 0.343 e. The zero-order valence-electron chi connectivity index (χ0n) is 13.7. The van der Waals surface area contributed by atoms with E-state index in [1.54, 1.807) is 0 Å². The Morgan fingerprint density at radius 2 is 1.70 bits per heavy atom. The van der Waals surface area contributed by atoms with Gasteiger partial charge in [-0.25, -0.2) is 0 Å². The summed E-state index contributed by atoms with van der Waals surface area (Å²) in [5.74, 6) is 2.19. The van der Waals surface area contributed by atoms with Gasteiger partial charge in [0.2, 0.25) is 5.91 Å². The lowest BCUT2D eigenvalue weighted by atomic mass is 9.85. The first-order valence-corrected chi connectivity index (χ1v) is 8.17. The van der Waals surface area contributed by atoms with Crippen molar-refractivity contribution in [2.24, 2.45) is 23.5 Å². The van der Waals surface area contributed by atoms with Crippen LogP contribution in [0.3, 0.4) is 0 Å². The maximum Gasteiger partial charge on any atom is 0.224 e. The Hall–Kier alpha value is -0.610. The summed E-state index contributed by atoms with van der Waals surface area (Å²) < 4.78 is 0. The van der Waals surface area contributed by atoms with Crippen LogP contribution in [0.5, 0.6) is 0 Å². The molecule has 1 fully saturated rings. The van der Waals surface area contributed by atoms with E-state index in [1.807, 2.05) is 4.90 Å². The van der Waals surface area contributed by atoms with Crippen LogP contribution in [0.2, 0.25) is 0 Å². The molecule has 0 aromatic heterocycles. The van der Waals surface area contributed by atoms with E-state index in [9.17, 15) is 4.79 Å².